The van der Waals surface area contributed by atoms with Gasteiger partial charge in [-0.25, -0.2) is 4.98 Å². The minimum absolute atomic E-state index is 0.703. The van der Waals surface area contributed by atoms with E-state index in [-0.39, 0.29) is 0 Å². The van der Waals surface area contributed by atoms with Gasteiger partial charge in [-0.3, -0.25) is 0 Å². The molecule has 0 bridgehead atoms. The molecule has 16 heavy (non-hydrogen) atoms. The summed E-state index contributed by atoms with van der Waals surface area (Å²) in [5.41, 5.74) is 1.10. The molecule has 0 saturated carbocycles. The number of hydrogen-bond donors (Lipinski definition) is 1. The monoisotopic (exact) mass is 238 g/mol. The summed E-state index contributed by atoms with van der Waals surface area (Å²) >= 11 is 1.87. The summed E-state index contributed by atoms with van der Waals surface area (Å²) in [6, 6.07) is 3.95. The van der Waals surface area contributed by atoms with Gasteiger partial charge in [-0.1, -0.05) is 12.1 Å². The van der Waals surface area contributed by atoms with E-state index in [2.05, 4.69) is 16.9 Å². The summed E-state index contributed by atoms with van der Waals surface area (Å²) in [5.74, 6) is 2.81. The number of aromatic nitrogens is 1. The average Bonchev–Trinajstić information content (AvgIpc) is 2.34. The predicted octanol–water partition coefficient (Wildman–Crippen LogP) is 2.10. The average molecular weight is 238 g/mol. The van der Waals surface area contributed by atoms with Crippen LogP contribution in [-0.2, 0) is 6.54 Å². The van der Waals surface area contributed by atoms with E-state index in [0.29, 0.717) is 5.88 Å². The molecule has 1 aromatic heterocycles. The second-order valence-corrected chi connectivity index (χ2v) is 4.36. The molecular formula is C12H18N2OS. The molecule has 0 aliphatic rings. The van der Waals surface area contributed by atoms with E-state index in [1.54, 1.807) is 13.3 Å². The van der Waals surface area contributed by atoms with Crippen molar-refractivity contribution in [1.29, 1.82) is 0 Å². The number of nitrogens with one attached hydrogen (secondary N) is 1. The van der Waals surface area contributed by atoms with Crippen LogP contribution in [0.2, 0.25) is 0 Å². The molecule has 88 valence electrons. The zero-order valence-corrected chi connectivity index (χ0v) is 10.4. The first-order valence-electron chi connectivity index (χ1n) is 5.25. The molecular weight excluding hydrogens is 220 g/mol. The summed E-state index contributed by atoms with van der Waals surface area (Å²) in [6.07, 6.45) is 3.66. The van der Waals surface area contributed by atoms with Crippen molar-refractivity contribution in [2.45, 2.75) is 6.54 Å². The Balaban J connectivity index is 2.23. The number of methoxy groups -OCH3 is 1. The number of thioether (sulfide) groups is 1. The summed E-state index contributed by atoms with van der Waals surface area (Å²) in [5, 5.41) is 3.36. The summed E-state index contributed by atoms with van der Waals surface area (Å²) in [4.78, 5) is 4.14. The van der Waals surface area contributed by atoms with Gasteiger partial charge in [-0.2, -0.15) is 11.8 Å². The lowest BCUT2D eigenvalue weighted by molar-refractivity contribution is 0.391. The Kier molecular flexibility index (Phi) is 6.69. The van der Waals surface area contributed by atoms with Crippen LogP contribution >= 0.6 is 11.8 Å². The molecule has 0 spiro atoms. The van der Waals surface area contributed by atoms with Gasteiger partial charge in [0.25, 0.3) is 0 Å². The standard InChI is InChI=1S/C12H18N2OS/c1-3-8-16-9-7-13-10-11-5-4-6-14-12(11)15-2/h3-6,13H,1,7-10H2,2H3. The molecule has 0 aliphatic heterocycles. The molecule has 1 N–H and O–H groups in total. The molecule has 1 rings (SSSR count). The minimum atomic E-state index is 0.703. The van der Waals surface area contributed by atoms with E-state index in [1.807, 2.05) is 30.0 Å². The molecule has 3 nitrogen and oxygen atoms in total. The maximum atomic E-state index is 5.17. The normalized spacial score (nSPS) is 10.1. The quantitative estimate of drug-likeness (QED) is 0.555. The SMILES string of the molecule is C=CCSCCNCc1cccnc1OC. The van der Waals surface area contributed by atoms with Crippen molar-refractivity contribution in [3.05, 3.63) is 36.5 Å². The van der Waals surface area contributed by atoms with Gasteiger partial charge in [0.15, 0.2) is 0 Å². The van der Waals surface area contributed by atoms with Gasteiger partial charge in [0.1, 0.15) is 0 Å². The van der Waals surface area contributed by atoms with Gasteiger partial charge >= 0.3 is 0 Å². The Hall–Kier alpha value is -1.00. The van der Waals surface area contributed by atoms with Gasteiger partial charge in [0.05, 0.1) is 7.11 Å². The molecule has 1 aromatic rings. The number of pyridine rings is 1. The molecule has 0 atom stereocenters. The fourth-order valence-electron chi connectivity index (χ4n) is 1.28. The van der Waals surface area contributed by atoms with Crippen LogP contribution in [0.4, 0.5) is 0 Å². The second-order valence-electron chi connectivity index (χ2n) is 3.21. The fraction of sp³-hybridized carbons (Fsp3) is 0.417. The van der Waals surface area contributed by atoms with Gasteiger partial charge in [-0.15, -0.1) is 6.58 Å². The Morgan fingerprint density at radius 2 is 2.50 bits per heavy atom. The zero-order chi connectivity index (χ0) is 11.6. The highest BCUT2D eigenvalue weighted by molar-refractivity contribution is 7.99. The number of nitrogens with zero attached hydrogens (tertiary/aromatic N) is 1. The molecule has 0 unspecified atom stereocenters. The first-order valence-corrected chi connectivity index (χ1v) is 6.41. The van der Waals surface area contributed by atoms with Crippen molar-refractivity contribution in [1.82, 2.24) is 10.3 Å². The van der Waals surface area contributed by atoms with Crippen molar-refractivity contribution < 1.29 is 4.74 Å². The van der Waals surface area contributed by atoms with E-state index in [9.17, 15) is 0 Å². The Morgan fingerprint density at radius 3 is 3.25 bits per heavy atom. The van der Waals surface area contributed by atoms with Crippen LogP contribution in [0.5, 0.6) is 5.88 Å². The van der Waals surface area contributed by atoms with Gasteiger partial charge < -0.3 is 10.1 Å². The smallest absolute Gasteiger partial charge is 0.217 e. The van der Waals surface area contributed by atoms with Crippen LogP contribution in [0, 0.1) is 0 Å². The molecule has 4 heteroatoms. The van der Waals surface area contributed by atoms with E-state index in [4.69, 9.17) is 4.74 Å². The van der Waals surface area contributed by atoms with E-state index >= 15 is 0 Å². The van der Waals surface area contributed by atoms with Crippen molar-refractivity contribution in [2.75, 3.05) is 25.2 Å². The fourth-order valence-corrected chi connectivity index (χ4v) is 1.90. The van der Waals surface area contributed by atoms with Crippen LogP contribution in [0.25, 0.3) is 0 Å². The van der Waals surface area contributed by atoms with Crippen LogP contribution in [0.3, 0.4) is 0 Å². The van der Waals surface area contributed by atoms with Crippen LogP contribution in [0.1, 0.15) is 5.56 Å². The molecule has 0 aliphatic carbocycles. The molecule has 0 fully saturated rings. The molecule has 0 radical (unpaired) electrons. The number of rotatable bonds is 8. The second kappa shape index (κ2) is 8.19. The van der Waals surface area contributed by atoms with Crippen LogP contribution in [-0.4, -0.2) is 30.1 Å². The maximum absolute atomic E-state index is 5.17. The zero-order valence-electron chi connectivity index (χ0n) is 9.61. The third-order valence-electron chi connectivity index (χ3n) is 2.02. The lowest BCUT2D eigenvalue weighted by atomic mass is 10.2. The van der Waals surface area contributed by atoms with Crippen LogP contribution < -0.4 is 10.1 Å². The van der Waals surface area contributed by atoms with Crippen molar-refractivity contribution in [3.63, 3.8) is 0 Å². The lowest BCUT2D eigenvalue weighted by Gasteiger charge is -2.07. The third-order valence-corrected chi connectivity index (χ3v) is 2.98. The summed E-state index contributed by atoms with van der Waals surface area (Å²) < 4.78 is 5.17. The third kappa shape index (κ3) is 4.68. The molecule has 0 amide bonds. The highest BCUT2D eigenvalue weighted by atomic mass is 32.2. The molecule has 0 aromatic carbocycles. The first-order chi connectivity index (χ1) is 7.88. The van der Waals surface area contributed by atoms with Crippen molar-refractivity contribution >= 4 is 11.8 Å². The maximum Gasteiger partial charge on any atom is 0.217 e. The highest BCUT2D eigenvalue weighted by Gasteiger charge is 2.01. The minimum Gasteiger partial charge on any atom is -0.481 e. The highest BCUT2D eigenvalue weighted by Crippen LogP contribution is 2.12. The predicted molar refractivity (Wildman–Crippen MR) is 70.0 cm³/mol. The Bertz CT molecular complexity index is 318. The number of ether oxygens (including phenoxy) is 1. The summed E-state index contributed by atoms with van der Waals surface area (Å²) in [6.45, 7) is 5.46. The molecule has 1 heterocycles. The largest absolute Gasteiger partial charge is 0.481 e. The van der Waals surface area contributed by atoms with E-state index in [1.165, 1.54) is 0 Å². The lowest BCUT2D eigenvalue weighted by Crippen LogP contribution is -2.17. The Labute approximate surface area is 101 Å². The van der Waals surface area contributed by atoms with E-state index in [0.717, 1.165) is 30.2 Å². The van der Waals surface area contributed by atoms with Gasteiger partial charge in [0, 0.05) is 36.4 Å². The van der Waals surface area contributed by atoms with Crippen molar-refractivity contribution in [2.24, 2.45) is 0 Å². The van der Waals surface area contributed by atoms with Gasteiger partial charge in [-0.05, 0) is 6.07 Å². The van der Waals surface area contributed by atoms with E-state index < -0.39 is 0 Å². The number of hydrogen-bond acceptors (Lipinski definition) is 4. The van der Waals surface area contributed by atoms with Gasteiger partial charge in [0.2, 0.25) is 5.88 Å². The molecule has 0 saturated heterocycles. The Morgan fingerprint density at radius 1 is 1.62 bits per heavy atom. The topological polar surface area (TPSA) is 34.2 Å². The van der Waals surface area contributed by atoms with Crippen molar-refractivity contribution in [3.8, 4) is 5.88 Å². The first kappa shape index (κ1) is 13.1. The summed E-state index contributed by atoms with van der Waals surface area (Å²) in [7, 11) is 1.64. The van der Waals surface area contributed by atoms with Crippen LogP contribution in [0.15, 0.2) is 31.0 Å².